The summed E-state index contributed by atoms with van der Waals surface area (Å²) < 4.78 is 1.17. The van der Waals surface area contributed by atoms with E-state index in [1.807, 2.05) is 0 Å². The number of halogens is 1. The van der Waals surface area contributed by atoms with Crippen molar-refractivity contribution in [2.45, 2.75) is 13.5 Å². The first-order valence-corrected chi connectivity index (χ1v) is 10.2. The van der Waals surface area contributed by atoms with Gasteiger partial charge in [-0.1, -0.05) is 0 Å². The van der Waals surface area contributed by atoms with Crippen molar-refractivity contribution in [3.63, 3.8) is 0 Å². The zero-order valence-electron chi connectivity index (χ0n) is 14.7. The molecule has 26 heavy (non-hydrogen) atoms. The van der Waals surface area contributed by atoms with Crippen LogP contribution in [0, 0.1) is 0 Å². The Kier molecular flexibility index (Phi) is 6.58. The second-order valence-electron chi connectivity index (χ2n) is 6.44. The van der Waals surface area contributed by atoms with E-state index in [2.05, 4.69) is 43.2 Å². The third kappa shape index (κ3) is 5.48. The van der Waals surface area contributed by atoms with Gasteiger partial charge in [0.25, 0.3) is 0 Å². The van der Waals surface area contributed by atoms with Gasteiger partial charge in [-0.25, -0.2) is 0 Å². The number of carbonyl (C=O) groups is 2. The molecule has 1 aliphatic heterocycles. The number of rotatable bonds is 6. The molecule has 138 valence electrons. The Bertz CT molecular complexity index is 767. The molecule has 0 spiro atoms. The van der Waals surface area contributed by atoms with Crippen LogP contribution in [0.3, 0.4) is 0 Å². The highest BCUT2D eigenvalue weighted by Gasteiger charge is 2.20. The molecular formula is C19H22BrN3O2S. The lowest BCUT2D eigenvalue weighted by Gasteiger charge is -2.34. The Morgan fingerprint density at radius 2 is 1.69 bits per heavy atom. The maximum absolute atomic E-state index is 12.5. The summed E-state index contributed by atoms with van der Waals surface area (Å²) in [7, 11) is 0. The van der Waals surface area contributed by atoms with E-state index in [9.17, 15) is 9.59 Å². The van der Waals surface area contributed by atoms with E-state index in [0.717, 1.165) is 32.7 Å². The van der Waals surface area contributed by atoms with Gasteiger partial charge in [0.2, 0.25) is 5.91 Å². The standard InChI is InChI=1S/C19H22BrN3O2S/c1-14(24)21-16-4-2-15(3-5-16)18(25)13-23-10-8-22(9-11-23)12-17-6-7-19(20)26-17/h2-7H,8-13H2,1H3,(H,21,24). The highest BCUT2D eigenvalue weighted by atomic mass is 79.9. The molecule has 1 aromatic heterocycles. The van der Waals surface area contributed by atoms with E-state index in [4.69, 9.17) is 0 Å². The van der Waals surface area contributed by atoms with Crippen LogP contribution in [0.1, 0.15) is 22.2 Å². The lowest BCUT2D eigenvalue weighted by atomic mass is 10.1. The molecule has 1 amide bonds. The molecule has 1 N–H and O–H groups in total. The van der Waals surface area contributed by atoms with Gasteiger partial charge >= 0.3 is 0 Å². The SMILES string of the molecule is CC(=O)Nc1ccc(C(=O)CN2CCN(Cc3ccc(Br)s3)CC2)cc1. The third-order valence-electron chi connectivity index (χ3n) is 4.37. The second kappa shape index (κ2) is 8.90. The second-order valence-corrected chi connectivity index (χ2v) is 8.99. The lowest BCUT2D eigenvalue weighted by Crippen LogP contribution is -2.47. The molecule has 0 atom stereocenters. The molecule has 0 bridgehead atoms. The molecule has 0 radical (unpaired) electrons. The number of hydrogen-bond donors (Lipinski definition) is 1. The van der Waals surface area contributed by atoms with Crippen LogP contribution in [0.25, 0.3) is 0 Å². The Balaban J connectivity index is 1.46. The number of nitrogens with one attached hydrogen (secondary N) is 1. The summed E-state index contributed by atoms with van der Waals surface area (Å²) in [5.74, 6) is 0.00636. The quantitative estimate of drug-likeness (QED) is 0.705. The molecular weight excluding hydrogens is 414 g/mol. The molecule has 3 rings (SSSR count). The number of carbonyl (C=O) groups excluding carboxylic acids is 2. The number of anilines is 1. The molecule has 5 nitrogen and oxygen atoms in total. The van der Waals surface area contributed by atoms with Gasteiger partial charge in [-0.3, -0.25) is 19.4 Å². The Labute approximate surface area is 166 Å². The van der Waals surface area contributed by atoms with E-state index >= 15 is 0 Å². The number of hydrogen-bond acceptors (Lipinski definition) is 5. The molecule has 1 aliphatic rings. The summed E-state index contributed by atoms with van der Waals surface area (Å²) in [5.41, 5.74) is 1.40. The van der Waals surface area contributed by atoms with Gasteiger partial charge in [0.05, 0.1) is 10.3 Å². The molecule has 2 aromatic rings. The lowest BCUT2D eigenvalue weighted by molar-refractivity contribution is -0.114. The minimum absolute atomic E-state index is 0.114. The normalized spacial score (nSPS) is 15.8. The largest absolute Gasteiger partial charge is 0.326 e. The van der Waals surface area contributed by atoms with Crippen molar-refractivity contribution in [3.8, 4) is 0 Å². The van der Waals surface area contributed by atoms with Crippen LogP contribution in [0.4, 0.5) is 5.69 Å². The van der Waals surface area contributed by atoms with Crippen LogP contribution >= 0.6 is 27.3 Å². The van der Waals surface area contributed by atoms with Crippen LogP contribution < -0.4 is 5.32 Å². The monoisotopic (exact) mass is 435 g/mol. The highest BCUT2D eigenvalue weighted by Crippen LogP contribution is 2.23. The third-order valence-corrected chi connectivity index (χ3v) is 5.98. The predicted molar refractivity (Wildman–Crippen MR) is 109 cm³/mol. The summed E-state index contributed by atoms with van der Waals surface area (Å²) in [6, 6.07) is 11.3. The number of thiophene rings is 1. The van der Waals surface area contributed by atoms with Gasteiger partial charge in [-0.2, -0.15) is 0 Å². The number of Topliss-reactive ketones (excluding diaryl/α,β-unsaturated/α-hetero) is 1. The number of nitrogens with zero attached hydrogens (tertiary/aromatic N) is 2. The van der Waals surface area contributed by atoms with E-state index in [1.165, 1.54) is 15.6 Å². The van der Waals surface area contributed by atoms with Crippen LogP contribution in [0.2, 0.25) is 0 Å². The minimum atomic E-state index is -0.114. The van der Waals surface area contributed by atoms with Crippen molar-refractivity contribution in [1.29, 1.82) is 0 Å². The summed E-state index contributed by atoms with van der Waals surface area (Å²) in [5, 5.41) is 2.71. The molecule has 1 aromatic carbocycles. The topological polar surface area (TPSA) is 52.7 Å². The Hall–Kier alpha value is -1.54. The average Bonchev–Trinajstić information content (AvgIpc) is 3.01. The number of amides is 1. The summed E-state index contributed by atoms with van der Waals surface area (Å²) in [6.45, 7) is 6.65. The fourth-order valence-electron chi connectivity index (χ4n) is 3.00. The Morgan fingerprint density at radius 3 is 2.27 bits per heavy atom. The van der Waals surface area contributed by atoms with E-state index in [-0.39, 0.29) is 11.7 Å². The predicted octanol–water partition coefficient (Wildman–Crippen LogP) is 3.47. The zero-order chi connectivity index (χ0) is 18.5. The van der Waals surface area contributed by atoms with Crippen LogP contribution in [0.5, 0.6) is 0 Å². The zero-order valence-corrected chi connectivity index (χ0v) is 17.1. The van der Waals surface area contributed by atoms with Crippen molar-refractivity contribution in [2.75, 3.05) is 38.0 Å². The van der Waals surface area contributed by atoms with Crippen molar-refractivity contribution < 1.29 is 9.59 Å². The molecule has 1 saturated heterocycles. The molecule has 0 aliphatic carbocycles. The van der Waals surface area contributed by atoms with Gasteiger partial charge in [-0.05, 0) is 52.3 Å². The van der Waals surface area contributed by atoms with Gasteiger partial charge in [0.1, 0.15) is 0 Å². The van der Waals surface area contributed by atoms with Crippen LogP contribution in [-0.4, -0.2) is 54.2 Å². The van der Waals surface area contributed by atoms with Gasteiger partial charge in [0, 0.05) is 55.8 Å². The summed E-state index contributed by atoms with van der Waals surface area (Å²) >= 11 is 5.28. The maximum Gasteiger partial charge on any atom is 0.221 e. The number of benzene rings is 1. The smallest absolute Gasteiger partial charge is 0.221 e. The van der Waals surface area contributed by atoms with Crippen molar-refractivity contribution in [1.82, 2.24) is 9.80 Å². The van der Waals surface area contributed by atoms with Crippen molar-refractivity contribution >= 4 is 44.6 Å². The average molecular weight is 436 g/mol. The highest BCUT2D eigenvalue weighted by molar-refractivity contribution is 9.11. The van der Waals surface area contributed by atoms with Crippen LogP contribution in [0.15, 0.2) is 40.2 Å². The number of ketones is 1. The molecule has 7 heteroatoms. The fraction of sp³-hybridized carbons (Fsp3) is 0.368. The Morgan fingerprint density at radius 1 is 1.04 bits per heavy atom. The first kappa shape index (κ1) is 19.2. The first-order chi connectivity index (χ1) is 12.5. The van der Waals surface area contributed by atoms with E-state index < -0.39 is 0 Å². The maximum atomic E-state index is 12.5. The van der Waals surface area contributed by atoms with Crippen molar-refractivity contribution in [3.05, 3.63) is 50.6 Å². The molecule has 2 heterocycles. The summed E-state index contributed by atoms with van der Waals surface area (Å²) in [4.78, 5) is 29.5. The number of piperazine rings is 1. The molecule has 0 unspecified atom stereocenters. The van der Waals surface area contributed by atoms with Crippen LogP contribution in [-0.2, 0) is 11.3 Å². The molecule has 1 fully saturated rings. The van der Waals surface area contributed by atoms with Gasteiger partial charge in [-0.15, -0.1) is 11.3 Å². The van der Waals surface area contributed by atoms with E-state index in [1.54, 1.807) is 35.6 Å². The van der Waals surface area contributed by atoms with Gasteiger partial charge < -0.3 is 5.32 Å². The van der Waals surface area contributed by atoms with E-state index in [0.29, 0.717) is 17.8 Å². The summed E-state index contributed by atoms with van der Waals surface area (Å²) in [6.07, 6.45) is 0. The first-order valence-electron chi connectivity index (χ1n) is 8.59. The molecule has 0 saturated carbocycles. The minimum Gasteiger partial charge on any atom is -0.326 e. The van der Waals surface area contributed by atoms with Gasteiger partial charge in [0.15, 0.2) is 5.78 Å². The van der Waals surface area contributed by atoms with Crippen molar-refractivity contribution in [2.24, 2.45) is 0 Å². The fourth-order valence-corrected chi connectivity index (χ4v) is 4.53.